The molecule has 2 aliphatic heterocycles. The summed E-state index contributed by atoms with van der Waals surface area (Å²) in [4.78, 5) is 5.19. The van der Waals surface area contributed by atoms with E-state index in [2.05, 4.69) is 199 Å². The van der Waals surface area contributed by atoms with Crippen molar-refractivity contribution in [3.63, 3.8) is 0 Å². The molecule has 0 saturated heterocycles. The first-order chi connectivity index (χ1) is 25.8. The highest BCUT2D eigenvalue weighted by Crippen LogP contribution is 2.63. The number of rotatable bonds is 5. The topological polar surface area (TPSA) is 12.0 Å². The van der Waals surface area contributed by atoms with Crippen LogP contribution in [0.25, 0.3) is 33.4 Å². The Morgan fingerprint density at radius 3 is 1.62 bits per heavy atom. The van der Waals surface area contributed by atoms with Gasteiger partial charge < -0.3 is 5.32 Å². The molecule has 246 valence electrons. The lowest BCUT2D eigenvalue weighted by Crippen LogP contribution is -2.36. The van der Waals surface area contributed by atoms with E-state index in [0.29, 0.717) is 0 Å². The molecule has 8 aromatic carbocycles. The summed E-state index contributed by atoms with van der Waals surface area (Å²) in [5, 5.41) is 3.88. The van der Waals surface area contributed by atoms with Crippen LogP contribution in [0.5, 0.6) is 0 Å². The van der Waals surface area contributed by atoms with Crippen molar-refractivity contribution in [1.29, 1.82) is 0 Å². The molecule has 1 N–H and O–H groups in total. The Hall–Kier alpha value is -5.74. The Morgan fingerprint density at radius 2 is 0.885 bits per heavy atom. The van der Waals surface area contributed by atoms with Gasteiger partial charge in [0.05, 0.1) is 11.1 Å². The molecule has 8 aromatic rings. The summed E-state index contributed by atoms with van der Waals surface area (Å²) in [6, 6.07) is 71.0. The third-order valence-electron chi connectivity index (χ3n) is 10.4. The summed E-state index contributed by atoms with van der Waals surface area (Å²) in [5.41, 5.74) is 14.3. The molecule has 2 heterocycles. The van der Waals surface area contributed by atoms with Gasteiger partial charge in [0.1, 0.15) is 0 Å². The van der Waals surface area contributed by atoms with Crippen LogP contribution in [0.1, 0.15) is 22.3 Å². The Labute approximate surface area is 313 Å². The number of benzene rings is 8. The average Bonchev–Trinajstić information content (AvgIpc) is 3.21. The van der Waals surface area contributed by atoms with E-state index in [1.54, 1.807) is 0 Å². The van der Waals surface area contributed by atoms with Crippen molar-refractivity contribution in [3.05, 3.63) is 216 Å². The maximum absolute atomic E-state index is 3.88. The van der Waals surface area contributed by atoms with Crippen molar-refractivity contribution in [2.45, 2.75) is 25.0 Å². The van der Waals surface area contributed by atoms with Gasteiger partial charge >= 0.3 is 0 Å². The van der Waals surface area contributed by atoms with Gasteiger partial charge in [0.15, 0.2) is 0 Å². The van der Waals surface area contributed by atoms with Gasteiger partial charge in [-0.1, -0.05) is 187 Å². The van der Waals surface area contributed by atoms with Crippen LogP contribution in [0.4, 0.5) is 11.4 Å². The number of fused-ring (bicyclic) bond motifs is 8. The van der Waals surface area contributed by atoms with Crippen LogP contribution < -0.4 is 5.32 Å². The minimum atomic E-state index is -0.496. The molecule has 1 spiro atoms. The molecule has 0 radical (unpaired) electrons. The lowest BCUT2D eigenvalue weighted by molar-refractivity contribution is 0.668. The maximum Gasteiger partial charge on any atom is 0.0745 e. The highest BCUT2D eigenvalue weighted by atomic mass is 32.2. The van der Waals surface area contributed by atoms with Gasteiger partial charge in [0, 0.05) is 36.4 Å². The number of hydrogen-bond donors (Lipinski definition) is 1. The summed E-state index contributed by atoms with van der Waals surface area (Å²) in [6.07, 6.45) is 0. The highest BCUT2D eigenvalue weighted by Gasteiger charge is 2.49. The van der Waals surface area contributed by atoms with Crippen LogP contribution in [0.3, 0.4) is 0 Å². The van der Waals surface area contributed by atoms with Gasteiger partial charge in [-0.05, 0) is 74.8 Å². The second-order valence-electron chi connectivity index (χ2n) is 13.3. The largest absolute Gasteiger partial charge is 0.355 e. The van der Waals surface area contributed by atoms with Gasteiger partial charge in [-0.15, -0.1) is 0 Å². The van der Waals surface area contributed by atoms with E-state index in [9.17, 15) is 0 Å². The molecule has 0 aromatic heterocycles. The molecule has 1 nitrogen and oxygen atoms in total. The normalized spacial score (nSPS) is 15.2. The van der Waals surface area contributed by atoms with E-state index in [1.165, 1.54) is 75.2 Å². The summed E-state index contributed by atoms with van der Waals surface area (Å²) in [6.45, 7) is 0. The SMILES string of the molecule is c1ccc(Nc2c(-c3ccccc3)cccc2-c2cccc3c2Sc2ccccc2C32c3ccccc3Sc3cc(-c4ccccc4)ccc32)cc1. The number of anilines is 2. The quantitative estimate of drug-likeness (QED) is 0.192. The Kier molecular flexibility index (Phi) is 7.63. The summed E-state index contributed by atoms with van der Waals surface area (Å²) in [5.74, 6) is 0. The molecule has 1 atom stereocenters. The van der Waals surface area contributed by atoms with E-state index in [0.717, 1.165) is 11.4 Å². The van der Waals surface area contributed by atoms with Gasteiger partial charge in [-0.3, -0.25) is 0 Å². The molecular weight excluding hydrogens is 667 g/mol. The van der Waals surface area contributed by atoms with Crippen LogP contribution in [-0.4, -0.2) is 0 Å². The lowest BCUT2D eigenvalue weighted by atomic mass is 9.64. The number of nitrogens with one attached hydrogen (secondary N) is 1. The zero-order valence-electron chi connectivity index (χ0n) is 28.3. The van der Waals surface area contributed by atoms with Gasteiger partial charge in [-0.25, -0.2) is 0 Å². The molecule has 0 amide bonds. The number of hydrogen-bond acceptors (Lipinski definition) is 3. The standard InChI is InChI=1S/C49H33NS2/c1-4-16-33(17-5-1)35-30-31-42-46(32-35)51-44-28-12-10-25-40(44)49(42)41-26-11-13-29-45(41)52-48-39(24-15-27-43(48)49)38-23-14-22-37(34-18-6-2-7-19-34)47(38)50-36-20-8-3-9-21-36/h1-32,50H. The van der Waals surface area contributed by atoms with E-state index in [4.69, 9.17) is 0 Å². The maximum atomic E-state index is 3.88. The second kappa shape index (κ2) is 12.8. The van der Waals surface area contributed by atoms with Crippen LogP contribution in [0.2, 0.25) is 0 Å². The first-order valence-electron chi connectivity index (χ1n) is 17.7. The molecule has 0 bridgehead atoms. The van der Waals surface area contributed by atoms with E-state index >= 15 is 0 Å². The Bertz CT molecular complexity index is 2590. The van der Waals surface area contributed by atoms with Crippen LogP contribution in [0.15, 0.2) is 214 Å². The third kappa shape index (κ3) is 4.96. The zero-order valence-corrected chi connectivity index (χ0v) is 29.9. The predicted molar refractivity (Wildman–Crippen MR) is 219 cm³/mol. The number of para-hydroxylation sites is 2. The van der Waals surface area contributed by atoms with E-state index in [1.807, 2.05) is 23.5 Å². The molecule has 0 saturated carbocycles. The zero-order chi connectivity index (χ0) is 34.5. The monoisotopic (exact) mass is 699 g/mol. The molecule has 0 aliphatic carbocycles. The fourth-order valence-corrected chi connectivity index (χ4v) is 10.7. The summed E-state index contributed by atoms with van der Waals surface area (Å²) >= 11 is 3.80. The highest BCUT2D eigenvalue weighted by molar-refractivity contribution is 8.00. The van der Waals surface area contributed by atoms with Gasteiger partial charge in [0.25, 0.3) is 0 Å². The van der Waals surface area contributed by atoms with Crippen molar-refractivity contribution in [2.24, 2.45) is 0 Å². The molecular formula is C49H33NS2. The van der Waals surface area contributed by atoms with Crippen molar-refractivity contribution in [3.8, 4) is 33.4 Å². The van der Waals surface area contributed by atoms with Gasteiger partial charge in [-0.2, -0.15) is 0 Å². The van der Waals surface area contributed by atoms with Crippen molar-refractivity contribution >= 4 is 34.9 Å². The van der Waals surface area contributed by atoms with Crippen LogP contribution in [-0.2, 0) is 5.41 Å². The molecule has 2 aliphatic rings. The fourth-order valence-electron chi connectivity index (χ4n) is 8.15. The summed E-state index contributed by atoms with van der Waals surface area (Å²) in [7, 11) is 0. The molecule has 3 heteroatoms. The molecule has 52 heavy (non-hydrogen) atoms. The van der Waals surface area contributed by atoms with Crippen molar-refractivity contribution in [2.75, 3.05) is 5.32 Å². The van der Waals surface area contributed by atoms with Crippen LogP contribution >= 0.6 is 23.5 Å². The van der Waals surface area contributed by atoms with Gasteiger partial charge in [0.2, 0.25) is 0 Å². The fraction of sp³-hybridized carbons (Fsp3) is 0.0204. The minimum Gasteiger partial charge on any atom is -0.355 e. The summed E-state index contributed by atoms with van der Waals surface area (Å²) < 4.78 is 0. The smallest absolute Gasteiger partial charge is 0.0745 e. The van der Waals surface area contributed by atoms with E-state index < -0.39 is 5.41 Å². The van der Waals surface area contributed by atoms with Crippen molar-refractivity contribution < 1.29 is 0 Å². The lowest BCUT2D eigenvalue weighted by Gasteiger charge is -2.46. The third-order valence-corrected chi connectivity index (χ3v) is 12.8. The first-order valence-corrected chi connectivity index (χ1v) is 19.3. The first kappa shape index (κ1) is 31.0. The Morgan fingerprint density at radius 1 is 0.346 bits per heavy atom. The Balaban J connectivity index is 1.26. The van der Waals surface area contributed by atoms with Crippen molar-refractivity contribution in [1.82, 2.24) is 0 Å². The van der Waals surface area contributed by atoms with Crippen LogP contribution in [0, 0.1) is 0 Å². The predicted octanol–water partition coefficient (Wildman–Crippen LogP) is 13.7. The van der Waals surface area contributed by atoms with E-state index in [-0.39, 0.29) is 0 Å². The molecule has 0 fully saturated rings. The minimum absolute atomic E-state index is 0.496. The molecule has 1 unspecified atom stereocenters. The average molecular weight is 700 g/mol. The second-order valence-corrected chi connectivity index (χ2v) is 15.4. The molecule has 10 rings (SSSR count).